The van der Waals surface area contributed by atoms with E-state index in [9.17, 15) is 14.4 Å². The number of aromatic nitrogens is 2. The lowest BCUT2D eigenvalue weighted by Crippen LogP contribution is -2.23. The number of hydrogen-bond donors (Lipinski definition) is 1. The van der Waals surface area contributed by atoms with Crippen molar-refractivity contribution in [2.24, 2.45) is 0 Å². The van der Waals surface area contributed by atoms with E-state index in [2.05, 4.69) is 16.6 Å². The van der Waals surface area contributed by atoms with Crippen LogP contribution < -0.4 is 10.9 Å². The minimum Gasteiger partial charge on any atom is -0.465 e. The molecular formula is C26H23N3O4S2. The Kier molecular flexibility index (Phi) is 7.48. The molecule has 0 aliphatic carbocycles. The van der Waals surface area contributed by atoms with Crippen LogP contribution in [0.4, 0.5) is 5.69 Å². The number of ether oxygens (including phenoxy) is 1. The van der Waals surface area contributed by atoms with Gasteiger partial charge in [0.15, 0.2) is 5.16 Å². The van der Waals surface area contributed by atoms with E-state index >= 15 is 0 Å². The lowest BCUT2D eigenvalue weighted by molar-refractivity contribution is -0.113. The molecule has 7 nitrogen and oxygen atoms in total. The van der Waals surface area contributed by atoms with Crippen molar-refractivity contribution in [3.05, 3.63) is 88.0 Å². The number of fused-ring (bicyclic) bond motifs is 1. The van der Waals surface area contributed by atoms with Gasteiger partial charge in [0.1, 0.15) is 4.83 Å². The number of allylic oxidation sites excluding steroid dienone is 1. The molecule has 0 saturated heterocycles. The summed E-state index contributed by atoms with van der Waals surface area (Å²) in [6.07, 6.45) is 1.64. The second-order valence-electron chi connectivity index (χ2n) is 7.70. The Bertz CT molecular complexity index is 1460. The highest BCUT2D eigenvalue weighted by atomic mass is 32.2. The highest BCUT2D eigenvalue weighted by Crippen LogP contribution is 2.32. The molecular weight excluding hydrogens is 482 g/mol. The number of rotatable bonds is 8. The minimum atomic E-state index is -0.445. The third-order valence-electron chi connectivity index (χ3n) is 5.26. The summed E-state index contributed by atoms with van der Waals surface area (Å²) in [5.41, 5.74) is 3.75. The number of methoxy groups -OCH3 is 1. The molecule has 0 aliphatic heterocycles. The number of thiophene rings is 1. The number of thioether (sulfide) groups is 1. The topological polar surface area (TPSA) is 90.3 Å². The Morgan fingerprint density at radius 3 is 2.54 bits per heavy atom. The van der Waals surface area contributed by atoms with Crippen LogP contribution in [0.25, 0.3) is 21.3 Å². The van der Waals surface area contributed by atoms with E-state index in [1.54, 1.807) is 34.9 Å². The molecule has 0 atom stereocenters. The fourth-order valence-corrected chi connectivity index (χ4v) is 5.28. The third kappa shape index (κ3) is 5.36. The van der Waals surface area contributed by atoms with Crippen LogP contribution in [0.1, 0.15) is 15.9 Å². The first-order valence-corrected chi connectivity index (χ1v) is 12.6. The van der Waals surface area contributed by atoms with Crippen LogP contribution >= 0.6 is 23.1 Å². The Hall–Kier alpha value is -3.69. The predicted molar refractivity (Wildman–Crippen MR) is 141 cm³/mol. The van der Waals surface area contributed by atoms with Gasteiger partial charge in [-0.15, -0.1) is 17.9 Å². The number of carbonyl (C=O) groups is 2. The summed E-state index contributed by atoms with van der Waals surface area (Å²) in [5.74, 6) is -0.643. The monoisotopic (exact) mass is 505 g/mol. The van der Waals surface area contributed by atoms with Crippen molar-refractivity contribution in [3.8, 4) is 11.1 Å². The maximum Gasteiger partial charge on any atom is 0.337 e. The molecule has 35 heavy (non-hydrogen) atoms. The van der Waals surface area contributed by atoms with Crippen molar-refractivity contribution in [1.29, 1.82) is 0 Å². The summed E-state index contributed by atoms with van der Waals surface area (Å²) in [5, 5.41) is 5.75. The van der Waals surface area contributed by atoms with Crippen molar-refractivity contribution < 1.29 is 14.3 Å². The molecule has 0 aliphatic rings. The molecule has 0 fully saturated rings. The van der Waals surface area contributed by atoms with Crippen molar-refractivity contribution in [2.45, 2.75) is 18.6 Å². The molecule has 0 saturated carbocycles. The van der Waals surface area contributed by atoms with Crippen LogP contribution in [-0.2, 0) is 16.1 Å². The number of anilines is 1. The second kappa shape index (κ2) is 10.7. The first-order valence-electron chi connectivity index (χ1n) is 10.7. The molecule has 0 unspecified atom stereocenters. The number of benzene rings is 2. The van der Waals surface area contributed by atoms with E-state index in [0.717, 1.165) is 16.7 Å². The van der Waals surface area contributed by atoms with Crippen LogP contribution in [0.2, 0.25) is 0 Å². The van der Waals surface area contributed by atoms with Gasteiger partial charge in [-0.2, -0.15) is 0 Å². The largest absolute Gasteiger partial charge is 0.465 e. The zero-order chi connectivity index (χ0) is 24.9. The highest BCUT2D eigenvalue weighted by molar-refractivity contribution is 7.99. The maximum absolute atomic E-state index is 13.4. The average Bonchev–Trinajstić information content (AvgIpc) is 3.29. The first-order chi connectivity index (χ1) is 16.9. The summed E-state index contributed by atoms with van der Waals surface area (Å²) in [6.45, 7) is 6.07. The van der Waals surface area contributed by atoms with Crippen LogP contribution in [0.15, 0.2) is 76.5 Å². The predicted octanol–water partition coefficient (Wildman–Crippen LogP) is 5.14. The van der Waals surface area contributed by atoms with E-state index in [1.165, 1.54) is 30.2 Å². The van der Waals surface area contributed by atoms with Crippen molar-refractivity contribution in [1.82, 2.24) is 9.55 Å². The molecule has 0 spiro atoms. The Morgan fingerprint density at radius 1 is 1.17 bits per heavy atom. The lowest BCUT2D eigenvalue weighted by Gasteiger charge is -2.11. The van der Waals surface area contributed by atoms with E-state index in [0.29, 0.717) is 26.6 Å². The molecule has 0 bridgehead atoms. The van der Waals surface area contributed by atoms with Crippen LogP contribution in [0.3, 0.4) is 0 Å². The van der Waals surface area contributed by atoms with Crippen LogP contribution in [0, 0.1) is 6.92 Å². The molecule has 2 aromatic heterocycles. The van der Waals surface area contributed by atoms with Crippen molar-refractivity contribution in [3.63, 3.8) is 0 Å². The zero-order valence-electron chi connectivity index (χ0n) is 19.2. The van der Waals surface area contributed by atoms with E-state index in [4.69, 9.17) is 4.98 Å². The molecule has 2 aromatic carbocycles. The van der Waals surface area contributed by atoms with Gasteiger partial charge in [0.25, 0.3) is 5.56 Å². The summed E-state index contributed by atoms with van der Waals surface area (Å²) in [6, 6.07) is 14.4. The van der Waals surface area contributed by atoms with Gasteiger partial charge in [-0.3, -0.25) is 14.2 Å². The van der Waals surface area contributed by atoms with Gasteiger partial charge in [0.2, 0.25) is 5.91 Å². The smallest absolute Gasteiger partial charge is 0.337 e. The van der Waals surface area contributed by atoms with Gasteiger partial charge in [0, 0.05) is 23.2 Å². The highest BCUT2D eigenvalue weighted by Gasteiger charge is 2.18. The molecule has 9 heteroatoms. The quantitative estimate of drug-likeness (QED) is 0.154. The number of nitrogens with zero attached hydrogens (tertiary/aromatic N) is 2. The summed E-state index contributed by atoms with van der Waals surface area (Å²) >= 11 is 2.60. The van der Waals surface area contributed by atoms with Gasteiger partial charge < -0.3 is 10.1 Å². The fraction of sp³-hybridized carbons (Fsp3) is 0.154. The lowest BCUT2D eigenvalue weighted by atomic mass is 10.1. The number of amides is 1. The number of nitrogens with one attached hydrogen (secondary N) is 1. The van der Waals surface area contributed by atoms with Gasteiger partial charge >= 0.3 is 5.97 Å². The summed E-state index contributed by atoms with van der Waals surface area (Å²) < 4.78 is 6.22. The van der Waals surface area contributed by atoms with Crippen LogP contribution in [0.5, 0.6) is 0 Å². The van der Waals surface area contributed by atoms with Gasteiger partial charge in [0.05, 0.1) is 23.8 Å². The number of aryl methyl sites for hydroxylation is 1. The van der Waals surface area contributed by atoms with Crippen molar-refractivity contribution in [2.75, 3.05) is 18.2 Å². The Morgan fingerprint density at radius 2 is 1.89 bits per heavy atom. The number of esters is 1. The first kappa shape index (κ1) is 24.4. The summed E-state index contributed by atoms with van der Waals surface area (Å²) in [4.78, 5) is 42.9. The standard InChI is InChI=1S/C26H23N3O4S2/c1-4-13-29-24(31)22-20(17-7-5-16(2)6-8-17)14-34-23(22)28-26(29)35-15-21(30)27-19-11-9-18(10-12-19)25(32)33-3/h4-12,14H,1,13,15H2,2-3H3,(H,27,30). The summed E-state index contributed by atoms with van der Waals surface area (Å²) in [7, 11) is 1.31. The maximum atomic E-state index is 13.4. The Labute approximate surface area is 210 Å². The molecule has 4 aromatic rings. The number of hydrogen-bond acceptors (Lipinski definition) is 7. The van der Waals surface area contributed by atoms with E-state index < -0.39 is 5.97 Å². The normalized spacial score (nSPS) is 10.8. The molecule has 1 amide bonds. The van der Waals surface area contributed by atoms with E-state index in [1.807, 2.05) is 36.6 Å². The number of carbonyl (C=O) groups excluding carboxylic acids is 2. The van der Waals surface area contributed by atoms with E-state index in [-0.39, 0.29) is 23.8 Å². The molecule has 2 heterocycles. The molecule has 0 radical (unpaired) electrons. The zero-order valence-corrected chi connectivity index (χ0v) is 20.9. The van der Waals surface area contributed by atoms with Crippen LogP contribution in [-0.4, -0.2) is 34.3 Å². The Balaban J connectivity index is 1.56. The fourth-order valence-electron chi connectivity index (χ4n) is 3.49. The third-order valence-corrected chi connectivity index (χ3v) is 7.10. The second-order valence-corrected chi connectivity index (χ2v) is 9.50. The SMILES string of the molecule is C=CCn1c(SCC(=O)Nc2ccc(C(=O)OC)cc2)nc2scc(-c3ccc(C)cc3)c2c1=O. The van der Waals surface area contributed by atoms with Crippen molar-refractivity contribution >= 4 is 50.9 Å². The molecule has 4 rings (SSSR count). The van der Waals surface area contributed by atoms with Gasteiger partial charge in [-0.1, -0.05) is 47.7 Å². The average molecular weight is 506 g/mol. The molecule has 1 N–H and O–H groups in total. The van der Waals surface area contributed by atoms with Gasteiger partial charge in [-0.25, -0.2) is 9.78 Å². The van der Waals surface area contributed by atoms with Gasteiger partial charge in [-0.05, 0) is 36.8 Å². The minimum absolute atomic E-state index is 0.0596. The molecule has 178 valence electrons.